The zero-order valence-corrected chi connectivity index (χ0v) is 12.0. The lowest BCUT2D eigenvalue weighted by atomic mass is 9.95. The van der Waals surface area contributed by atoms with Gasteiger partial charge in [0, 0.05) is 36.5 Å². The molecular formula is C14H24N2O2. The van der Waals surface area contributed by atoms with Crippen molar-refractivity contribution >= 4 is 5.91 Å². The highest BCUT2D eigenvalue weighted by Gasteiger charge is 2.20. The third-order valence-corrected chi connectivity index (χ3v) is 3.29. The van der Waals surface area contributed by atoms with Gasteiger partial charge < -0.3 is 15.0 Å². The molecule has 0 aliphatic carbocycles. The van der Waals surface area contributed by atoms with Gasteiger partial charge in [-0.05, 0) is 26.8 Å². The van der Waals surface area contributed by atoms with Crippen molar-refractivity contribution in [3.8, 4) is 0 Å². The van der Waals surface area contributed by atoms with Crippen LogP contribution in [0.15, 0.2) is 6.07 Å². The van der Waals surface area contributed by atoms with Crippen LogP contribution < -0.4 is 5.32 Å². The van der Waals surface area contributed by atoms with Gasteiger partial charge in [0.25, 0.3) is 5.91 Å². The van der Waals surface area contributed by atoms with Crippen LogP contribution in [-0.2, 0) is 6.54 Å². The van der Waals surface area contributed by atoms with E-state index in [-0.39, 0.29) is 17.9 Å². The zero-order valence-electron chi connectivity index (χ0n) is 12.0. The maximum atomic E-state index is 12.1. The first-order valence-corrected chi connectivity index (χ1v) is 6.38. The number of amides is 1. The fourth-order valence-corrected chi connectivity index (χ4v) is 1.99. The quantitative estimate of drug-likeness (QED) is 0.840. The van der Waals surface area contributed by atoms with Crippen LogP contribution in [0.1, 0.15) is 42.5 Å². The van der Waals surface area contributed by atoms with Crippen LogP contribution in [0.2, 0.25) is 0 Å². The Labute approximate surface area is 109 Å². The molecule has 1 aromatic heterocycles. The van der Waals surface area contributed by atoms with E-state index in [0.29, 0.717) is 6.54 Å². The third-order valence-electron chi connectivity index (χ3n) is 3.29. The molecule has 1 amide bonds. The summed E-state index contributed by atoms with van der Waals surface area (Å²) in [7, 11) is 0. The largest absolute Gasteiger partial charge is 0.396 e. The van der Waals surface area contributed by atoms with Gasteiger partial charge in [-0.3, -0.25) is 4.79 Å². The minimum atomic E-state index is -0.286. The second kappa shape index (κ2) is 5.57. The first kappa shape index (κ1) is 14.8. The molecular weight excluding hydrogens is 228 g/mol. The monoisotopic (exact) mass is 252 g/mol. The summed E-state index contributed by atoms with van der Waals surface area (Å²) in [6.45, 7) is 11.3. The average molecular weight is 252 g/mol. The van der Waals surface area contributed by atoms with E-state index in [1.807, 2.05) is 33.8 Å². The SMILES string of the molecule is CCn1c(C)cc(C(=O)NCC(C)(C)CO)c1C. The summed E-state index contributed by atoms with van der Waals surface area (Å²) in [6.07, 6.45) is 0. The Bertz CT molecular complexity index is 433. The highest BCUT2D eigenvalue weighted by molar-refractivity contribution is 5.95. The molecule has 102 valence electrons. The number of hydrogen-bond acceptors (Lipinski definition) is 2. The van der Waals surface area contributed by atoms with Gasteiger partial charge in [0.1, 0.15) is 0 Å². The van der Waals surface area contributed by atoms with Crippen molar-refractivity contribution in [1.82, 2.24) is 9.88 Å². The van der Waals surface area contributed by atoms with E-state index in [2.05, 4.69) is 16.8 Å². The number of carbonyl (C=O) groups is 1. The van der Waals surface area contributed by atoms with E-state index < -0.39 is 0 Å². The summed E-state index contributed by atoms with van der Waals surface area (Å²) in [5.74, 6) is -0.0654. The second-order valence-electron chi connectivity index (χ2n) is 5.53. The number of aromatic nitrogens is 1. The molecule has 0 bridgehead atoms. The number of nitrogens with zero attached hydrogens (tertiary/aromatic N) is 1. The molecule has 0 aliphatic heterocycles. The fraction of sp³-hybridized carbons (Fsp3) is 0.643. The van der Waals surface area contributed by atoms with Gasteiger partial charge >= 0.3 is 0 Å². The van der Waals surface area contributed by atoms with Gasteiger partial charge in [-0.2, -0.15) is 0 Å². The summed E-state index contributed by atoms with van der Waals surface area (Å²) in [4.78, 5) is 12.1. The molecule has 4 nitrogen and oxygen atoms in total. The van der Waals surface area contributed by atoms with Crippen molar-refractivity contribution in [2.45, 2.75) is 41.2 Å². The lowest BCUT2D eigenvalue weighted by molar-refractivity contribution is 0.0910. The van der Waals surface area contributed by atoms with Crippen molar-refractivity contribution < 1.29 is 9.90 Å². The number of rotatable bonds is 5. The molecule has 1 rings (SSSR count). The van der Waals surface area contributed by atoms with Crippen LogP contribution in [0, 0.1) is 19.3 Å². The molecule has 0 atom stereocenters. The molecule has 0 spiro atoms. The summed E-state index contributed by atoms with van der Waals surface area (Å²) in [5, 5.41) is 12.0. The summed E-state index contributed by atoms with van der Waals surface area (Å²) in [5.41, 5.74) is 2.53. The van der Waals surface area contributed by atoms with Crippen LogP contribution in [0.5, 0.6) is 0 Å². The third kappa shape index (κ3) is 3.13. The predicted octanol–water partition coefficient (Wildman–Crippen LogP) is 1.87. The molecule has 0 unspecified atom stereocenters. The second-order valence-corrected chi connectivity index (χ2v) is 5.53. The predicted molar refractivity (Wildman–Crippen MR) is 72.8 cm³/mol. The molecule has 0 fully saturated rings. The topological polar surface area (TPSA) is 54.3 Å². The highest BCUT2D eigenvalue weighted by Crippen LogP contribution is 2.16. The number of aliphatic hydroxyl groups is 1. The Kier molecular flexibility index (Phi) is 4.57. The van der Waals surface area contributed by atoms with Gasteiger partial charge in [-0.1, -0.05) is 13.8 Å². The number of aliphatic hydroxyl groups excluding tert-OH is 1. The van der Waals surface area contributed by atoms with E-state index >= 15 is 0 Å². The Hall–Kier alpha value is -1.29. The van der Waals surface area contributed by atoms with E-state index in [1.54, 1.807) is 0 Å². The molecule has 0 radical (unpaired) electrons. The summed E-state index contributed by atoms with van der Waals surface area (Å²) < 4.78 is 2.12. The molecule has 0 aliphatic rings. The molecule has 0 saturated carbocycles. The Morgan fingerprint density at radius 3 is 2.50 bits per heavy atom. The summed E-state index contributed by atoms with van der Waals surface area (Å²) >= 11 is 0. The maximum absolute atomic E-state index is 12.1. The van der Waals surface area contributed by atoms with E-state index in [4.69, 9.17) is 5.11 Å². The van der Waals surface area contributed by atoms with Crippen molar-refractivity contribution in [1.29, 1.82) is 0 Å². The fourth-order valence-electron chi connectivity index (χ4n) is 1.99. The van der Waals surface area contributed by atoms with Gasteiger partial charge in [0.2, 0.25) is 0 Å². The molecule has 2 N–H and O–H groups in total. The Morgan fingerprint density at radius 2 is 2.06 bits per heavy atom. The maximum Gasteiger partial charge on any atom is 0.253 e. The zero-order chi connectivity index (χ0) is 13.9. The molecule has 1 heterocycles. The van der Waals surface area contributed by atoms with Crippen LogP contribution >= 0.6 is 0 Å². The number of aryl methyl sites for hydroxylation is 1. The lowest BCUT2D eigenvalue weighted by Gasteiger charge is -2.21. The normalized spacial score (nSPS) is 11.7. The standard InChI is InChI=1S/C14H24N2O2/c1-6-16-10(2)7-12(11(16)3)13(18)15-8-14(4,5)9-17/h7,17H,6,8-9H2,1-5H3,(H,15,18). The molecule has 4 heteroatoms. The van der Waals surface area contributed by atoms with E-state index in [9.17, 15) is 4.79 Å². The first-order valence-electron chi connectivity index (χ1n) is 6.38. The lowest BCUT2D eigenvalue weighted by Crippen LogP contribution is -2.36. The highest BCUT2D eigenvalue weighted by atomic mass is 16.3. The number of nitrogens with one attached hydrogen (secondary N) is 1. The minimum absolute atomic E-state index is 0.0568. The van der Waals surface area contributed by atoms with Crippen LogP contribution in [0.4, 0.5) is 0 Å². The van der Waals surface area contributed by atoms with E-state index in [1.165, 1.54) is 0 Å². The molecule has 1 aromatic rings. The molecule has 0 saturated heterocycles. The van der Waals surface area contributed by atoms with Crippen molar-refractivity contribution in [3.05, 3.63) is 23.0 Å². The van der Waals surface area contributed by atoms with Crippen molar-refractivity contribution in [3.63, 3.8) is 0 Å². The van der Waals surface area contributed by atoms with E-state index in [0.717, 1.165) is 23.5 Å². The number of hydrogen-bond donors (Lipinski definition) is 2. The summed E-state index contributed by atoms with van der Waals surface area (Å²) in [6, 6.07) is 1.92. The van der Waals surface area contributed by atoms with Gasteiger partial charge in [0.05, 0.1) is 5.56 Å². The average Bonchev–Trinajstić information content (AvgIpc) is 2.61. The first-order chi connectivity index (χ1) is 8.32. The van der Waals surface area contributed by atoms with Gasteiger partial charge in [0.15, 0.2) is 0 Å². The Balaban J connectivity index is 2.80. The van der Waals surface area contributed by atoms with Crippen LogP contribution in [-0.4, -0.2) is 28.7 Å². The van der Waals surface area contributed by atoms with Gasteiger partial charge in [-0.25, -0.2) is 0 Å². The minimum Gasteiger partial charge on any atom is -0.396 e. The Morgan fingerprint density at radius 1 is 1.44 bits per heavy atom. The van der Waals surface area contributed by atoms with Crippen LogP contribution in [0.25, 0.3) is 0 Å². The number of carbonyl (C=O) groups excluding carboxylic acids is 1. The van der Waals surface area contributed by atoms with Crippen molar-refractivity contribution in [2.24, 2.45) is 5.41 Å². The molecule has 18 heavy (non-hydrogen) atoms. The van der Waals surface area contributed by atoms with Gasteiger partial charge in [-0.15, -0.1) is 0 Å². The smallest absolute Gasteiger partial charge is 0.253 e. The molecule has 0 aromatic carbocycles. The van der Waals surface area contributed by atoms with Crippen LogP contribution in [0.3, 0.4) is 0 Å². The van der Waals surface area contributed by atoms with Crippen molar-refractivity contribution in [2.75, 3.05) is 13.2 Å².